The summed E-state index contributed by atoms with van der Waals surface area (Å²) in [5.41, 5.74) is 3.55. The Balaban J connectivity index is 1.65. The topological polar surface area (TPSA) is 62.3 Å². The first kappa shape index (κ1) is 22.5. The van der Waals surface area contributed by atoms with Crippen LogP contribution in [0.15, 0.2) is 53.4 Å². The largest absolute Gasteiger partial charge is 0.384 e. The molecule has 0 bridgehead atoms. The van der Waals surface area contributed by atoms with E-state index in [-0.39, 0.29) is 12.2 Å². The van der Waals surface area contributed by atoms with Gasteiger partial charge in [0.25, 0.3) is 0 Å². The van der Waals surface area contributed by atoms with Gasteiger partial charge in [0.15, 0.2) is 9.84 Å². The Bertz CT molecular complexity index is 1220. The van der Waals surface area contributed by atoms with Crippen molar-refractivity contribution >= 4 is 32.2 Å². The lowest BCUT2D eigenvalue weighted by molar-refractivity contribution is 0.134. The van der Waals surface area contributed by atoms with E-state index in [0.29, 0.717) is 43.2 Å². The predicted molar refractivity (Wildman–Crippen MR) is 124 cm³/mol. The fourth-order valence-electron chi connectivity index (χ4n) is 4.04. The minimum absolute atomic E-state index is 0.0218. The van der Waals surface area contributed by atoms with Crippen LogP contribution < -0.4 is 10.2 Å². The summed E-state index contributed by atoms with van der Waals surface area (Å²) < 4.78 is 50.3. The number of anilines is 2. The second kappa shape index (κ2) is 9.40. The maximum Gasteiger partial charge on any atom is 0.238 e. The molecule has 0 aliphatic carbocycles. The fourth-order valence-corrected chi connectivity index (χ4v) is 5.54. The molecule has 2 aromatic carbocycles. The molecule has 1 aliphatic rings. The van der Waals surface area contributed by atoms with Crippen LogP contribution in [-0.4, -0.2) is 38.7 Å². The van der Waals surface area contributed by atoms with Gasteiger partial charge in [0.05, 0.1) is 16.2 Å². The molecule has 1 N–H and O–H groups in total. The lowest BCUT2D eigenvalue weighted by Crippen LogP contribution is -2.26. The number of aromatic nitrogens is 1. The Morgan fingerprint density at radius 2 is 1.94 bits per heavy atom. The number of sulfone groups is 1. The highest BCUT2D eigenvalue weighted by Crippen LogP contribution is 2.31. The molecular formula is C24H27F2N3O2S. The highest BCUT2D eigenvalue weighted by molar-refractivity contribution is 7.91. The quantitative estimate of drug-likeness (QED) is 0.493. The van der Waals surface area contributed by atoms with E-state index in [1.54, 1.807) is 12.1 Å². The number of nitrogens with zero attached hydrogens (tertiary/aromatic N) is 2. The summed E-state index contributed by atoms with van der Waals surface area (Å²) in [7, 11) is -3.35. The maximum absolute atomic E-state index is 12.7. The van der Waals surface area contributed by atoms with Gasteiger partial charge in [0, 0.05) is 43.2 Å². The SMILES string of the molecule is Cc1ccc2nc(N3CCS(=O)(=O)c4ccccc4C3)cc(NCCCCC(F)F)c2c1. The van der Waals surface area contributed by atoms with Crippen molar-refractivity contribution in [3.05, 3.63) is 59.7 Å². The van der Waals surface area contributed by atoms with Crippen molar-refractivity contribution < 1.29 is 17.2 Å². The van der Waals surface area contributed by atoms with E-state index in [0.717, 1.165) is 27.7 Å². The molecule has 0 fully saturated rings. The predicted octanol–water partition coefficient (Wildman–Crippen LogP) is 5.18. The number of halogens is 2. The minimum Gasteiger partial charge on any atom is -0.384 e. The average Bonchev–Trinajstić information content (AvgIpc) is 2.89. The highest BCUT2D eigenvalue weighted by atomic mass is 32.2. The van der Waals surface area contributed by atoms with Crippen molar-refractivity contribution in [1.29, 1.82) is 0 Å². The van der Waals surface area contributed by atoms with E-state index in [9.17, 15) is 17.2 Å². The third kappa shape index (κ3) is 5.01. The summed E-state index contributed by atoms with van der Waals surface area (Å²) in [4.78, 5) is 7.20. The van der Waals surface area contributed by atoms with Crippen LogP contribution in [0.5, 0.6) is 0 Å². The minimum atomic E-state index is -3.35. The van der Waals surface area contributed by atoms with Gasteiger partial charge < -0.3 is 10.2 Å². The number of rotatable bonds is 7. The molecule has 0 saturated heterocycles. The number of fused-ring (bicyclic) bond motifs is 2. The Labute approximate surface area is 187 Å². The van der Waals surface area contributed by atoms with Crippen LogP contribution in [0.25, 0.3) is 10.9 Å². The van der Waals surface area contributed by atoms with Crippen LogP contribution in [0.1, 0.15) is 30.4 Å². The molecule has 8 heteroatoms. The van der Waals surface area contributed by atoms with E-state index in [1.807, 2.05) is 42.2 Å². The first-order valence-corrected chi connectivity index (χ1v) is 12.5. The number of pyridine rings is 1. The maximum atomic E-state index is 12.7. The van der Waals surface area contributed by atoms with Crippen molar-refractivity contribution in [2.24, 2.45) is 0 Å². The van der Waals surface area contributed by atoms with Crippen LogP contribution in [0.4, 0.5) is 20.3 Å². The van der Waals surface area contributed by atoms with Crippen molar-refractivity contribution in [2.45, 2.75) is 44.1 Å². The Hall–Kier alpha value is -2.74. The molecule has 0 atom stereocenters. The van der Waals surface area contributed by atoms with E-state index in [1.165, 1.54) is 0 Å². The highest BCUT2D eigenvalue weighted by Gasteiger charge is 2.26. The third-order valence-corrected chi connectivity index (χ3v) is 7.53. The van der Waals surface area contributed by atoms with Crippen LogP contribution >= 0.6 is 0 Å². The monoisotopic (exact) mass is 459 g/mol. The van der Waals surface area contributed by atoms with Crippen molar-refractivity contribution in [2.75, 3.05) is 29.1 Å². The molecule has 32 heavy (non-hydrogen) atoms. The number of benzene rings is 2. The molecule has 2 heterocycles. The number of unbranched alkanes of at least 4 members (excludes halogenated alkanes) is 1. The first-order chi connectivity index (χ1) is 15.3. The first-order valence-electron chi connectivity index (χ1n) is 10.8. The van der Waals surface area contributed by atoms with E-state index in [2.05, 4.69) is 11.4 Å². The van der Waals surface area contributed by atoms with Crippen molar-refractivity contribution in [3.8, 4) is 0 Å². The summed E-state index contributed by atoms with van der Waals surface area (Å²) in [5.74, 6) is 0.719. The van der Waals surface area contributed by atoms with Gasteiger partial charge in [-0.25, -0.2) is 22.2 Å². The van der Waals surface area contributed by atoms with Crippen molar-refractivity contribution in [1.82, 2.24) is 4.98 Å². The lowest BCUT2D eigenvalue weighted by Gasteiger charge is -2.23. The van der Waals surface area contributed by atoms with Gasteiger partial charge in [0.1, 0.15) is 5.82 Å². The Kier molecular flexibility index (Phi) is 6.60. The number of alkyl halides is 2. The summed E-state index contributed by atoms with van der Waals surface area (Å²) in [5, 5.41) is 4.35. The summed E-state index contributed by atoms with van der Waals surface area (Å²) in [6.45, 7) is 3.38. The summed E-state index contributed by atoms with van der Waals surface area (Å²) >= 11 is 0. The molecule has 1 aromatic heterocycles. The van der Waals surface area contributed by atoms with E-state index in [4.69, 9.17) is 4.98 Å². The van der Waals surface area contributed by atoms with Crippen LogP contribution in [0.3, 0.4) is 0 Å². The second-order valence-electron chi connectivity index (χ2n) is 8.21. The molecule has 1 aliphatic heterocycles. The molecule has 4 rings (SSSR count). The standard InChI is InChI=1S/C24H27F2N3O2S/c1-17-9-10-20-19(14-17)21(27-11-5-4-8-23(25)26)15-24(28-20)29-12-13-32(30,31)22-7-3-2-6-18(22)16-29/h2-3,6-7,9-10,14-15,23H,4-5,8,11-13,16H2,1H3,(H,27,28). The summed E-state index contributed by atoms with van der Waals surface area (Å²) in [6.07, 6.45) is -1.26. The number of nitrogens with one attached hydrogen (secondary N) is 1. The molecule has 0 spiro atoms. The smallest absolute Gasteiger partial charge is 0.238 e. The molecule has 0 saturated carbocycles. The lowest BCUT2D eigenvalue weighted by atomic mass is 10.1. The second-order valence-corrected chi connectivity index (χ2v) is 10.3. The van der Waals surface area contributed by atoms with Gasteiger partial charge in [-0.3, -0.25) is 0 Å². The fraction of sp³-hybridized carbons (Fsp3) is 0.375. The molecule has 170 valence electrons. The van der Waals surface area contributed by atoms with Gasteiger partial charge in [0.2, 0.25) is 6.43 Å². The van der Waals surface area contributed by atoms with Crippen molar-refractivity contribution in [3.63, 3.8) is 0 Å². The van der Waals surface area contributed by atoms with Crippen LogP contribution in [0, 0.1) is 6.92 Å². The van der Waals surface area contributed by atoms with Crippen LogP contribution in [-0.2, 0) is 16.4 Å². The number of hydrogen-bond donors (Lipinski definition) is 1. The molecule has 0 unspecified atom stereocenters. The number of aryl methyl sites for hydroxylation is 1. The molecule has 5 nitrogen and oxygen atoms in total. The molecule has 0 radical (unpaired) electrons. The molecular weight excluding hydrogens is 432 g/mol. The third-order valence-electron chi connectivity index (χ3n) is 5.74. The zero-order chi connectivity index (χ0) is 22.7. The van der Waals surface area contributed by atoms with Gasteiger partial charge in [-0.15, -0.1) is 0 Å². The molecule has 3 aromatic rings. The van der Waals surface area contributed by atoms with Gasteiger partial charge in [-0.1, -0.05) is 29.8 Å². The van der Waals surface area contributed by atoms with E-state index >= 15 is 0 Å². The summed E-state index contributed by atoms with van der Waals surface area (Å²) in [6, 6.07) is 15.0. The zero-order valence-electron chi connectivity index (χ0n) is 18.0. The average molecular weight is 460 g/mol. The number of hydrogen-bond acceptors (Lipinski definition) is 5. The Morgan fingerprint density at radius 1 is 1.12 bits per heavy atom. The van der Waals surface area contributed by atoms with E-state index < -0.39 is 16.3 Å². The van der Waals surface area contributed by atoms with Gasteiger partial charge in [-0.2, -0.15) is 0 Å². The molecule has 0 amide bonds. The van der Waals surface area contributed by atoms with Gasteiger partial charge in [-0.05, 0) is 43.5 Å². The normalized spacial score (nSPS) is 15.6. The van der Waals surface area contributed by atoms with Crippen LogP contribution in [0.2, 0.25) is 0 Å². The Morgan fingerprint density at radius 3 is 2.75 bits per heavy atom. The van der Waals surface area contributed by atoms with Gasteiger partial charge >= 0.3 is 0 Å². The zero-order valence-corrected chi connectivity index (χ0v) is 18.8.